The number of esters is 1. The number of aryl methyl sites for hydroxylation is 2. The van der Waals surface area contributed by atoms with Gasteiger partial charge in [-0.15, -0.1) is 0 Å². The van der Waals surface area contributed by atoms with Crippen molar-refractivity contribution in [3.05, 3.63) is 52.1 Å². The number of fused-ring (bicyclic) bond motifs is 1. The molecule has 59 heavy (non-hydrogen) atoms. The van der Waals surface area contributed by atoms with Gasteiger partial charge in [-0.2, -0.15) is 0 Å². The smallest absolute Gasteiger partial charge is 0.522 e. The summed E-state index contributed by atoms with van der Waals surface area (Å²) in [5.41, 5.74) is 2.54. The summed E-state index contributed by atoms with van der Waals surface area (Å²) in [4.78, 5) is 50.9. The van der Waals surface area contributed by atoms with Crippen LogP contribution < -0.4 is 14.1 Å². The molecule has 16 heteroatoms. The topological polar surface area (TPSA) is 171 Å². The summed E-state index contributed by atoms with van der Waals surface area (Å²) in [5.74, 6) is 0.595. The van der Waals surface area contributed by atoms with Crippen molar-refractivity contribution in [1.29, 1.82) is 0 Å². The molecule has 9 rings (SSSR count). The predicted octanol–water partition coefficient (Wildman–Crippen LogP) is 5.24. The van der Waals surface area contributed by atoms with Gasteiger partial charge in [-0.25, -0.2) is 9.59 Å². The molecule has 0 spiro atoms. The minimum absolute atomic E-state index is 0.0320. The maximum Gasteiger partial charge on any atom is 0.522 e. The molecule has 2 aromatic carbocycles. The Morgan fingerprint density at radius 1 is 0.898 bits per heavy atom. The summed E-state index contributed by atoms with van der Waals surface area (Å²) in [6.07, 6.45) is 4.57. The van der Waals surface area contributed by atoms with Gasteiger partial charge in [0.1, 0.15) is 46.2 Å². The normalized spacial score (nSPS) is 25.5. The molecule has 0 radical (unpaired) electrons. The largest absolute Gasteiger partial charge is 0.535 e. The molecule has 2 aromatic rings. The molecular weight excluding hydrogens is 758 g/mol. The van der Waals surface area contributed by atoms with Crippen LogP contribution in [0.25, 0.3) is 0 Å². The second kappa shape index (κ2) is 16.0. The van der Waals surface area contributed by atoms with Gasteiger partial charge in [-0.3, -0.25) is 9.59 Å². The second-order valence-corrected chi connectivity index (χ2v) is 18.8. The van der Waals surface area contributed by atoms with Crippen LogP contribution in [0.1, 0.15) is 106 Å². The van der Waals surface area contributed by atoms with E-state index in [1.54, 1.807) is 28.9 Å². The van der Waals surface area contributed by atoms with Gasteiger partial charge in [0.05, 0.1) is 37.9 Å². The number of amides is 2. The van der Waals surface area contributed by atoms with Crippen molar-refractivity contribution in [1.82, 2.24) is 9.80 Å². The van der Waals surface area contributed by atoms with Crippen molar-refractivity contribution >= 4 is 38.0 Å². The van der Waals surface area contributed by atoms with Gasteiger partial charge in [0.15, 0.2) is 0 Å². The van der Waals surface area contributed by atoms with Gasteiger partial charge >= 0.3 is 26.2 Å². The quantitative estimate of drug-likeness (QED) is 0.250. The lowest BCUT2D eigenvalue weighted by atomic mass is 9.43. The number of benzene rings is 2. The molecule has 4 atom stereocenters. The molecular formula is C43H58B2N2O12. The number of carbonyl (C=O) groups is 4. The van der Waals surface area contributed by atoms with Crippen LogP contribution in [0.15, 0.2) is 24.3 Å². The van der Waals surface area contributed by atoms with Crippen molar-refractivity contribution in [3.8, 4) is 17.2 Å². The first-order chi connectivity index (χ1) is 27.6. The number of carboxylic acids is 1. The van der Waals surface area contributed by atoms with E-state index in [-0.39, 0.29) is 59.9 Å². The van der Waals surface area contributed by atoms with E-state index in [4.69, 9.17) is 28.2 Å². The third kappa shape index (κ3) is 8.54. The SMILES string of the molecule is CC(=O)N1CC(Oc2ccc(CCB3O[C@@H]4C[C@@H]5C[C@@H](C5(C)C)[C@]4(C)O3)c(C)c2C(=O)OC(C)(C)C)C1.CC(=O)N1CC(Oc2ccc3c(c2C(=O)O)OB(O)CC3)C1. The van der Waals surface area contributed by atoms with Gasteiger partial charge in [0, 0.05) is 13.8 Å². The Morgan fingerprint density at radius 3 is 2.05 bits per heavy atom. The Labute approximate surface area is 347 Å². The molecule has 7 aliphatic rings. The van der Waals surface area contributed by atoms with Crippen LogP contribution in [0.3, 0.4) is 0 Å². The fourth-order valence-corrected chi connectivity index (χ4v) is 9.64. The van der Waals surface area contributed by atoms with Gasteiger partial charge in [0.25, 0.3) is 0 Å². The van der Waals surface area contributed by atoms with E-state index in [0.717, 1.165) is 41.8 Å². The Balaban J connectivity index is 0.000000204. The van der Waals surface area contributed by atoms with E-state index < -0.39 is 24.7 Å². The molecule has 0 unspecified atom stereocenters. The molecule has 318 valence electrons. The maximum atomic E-state index is 13.3. The van der Waals surface area contributed by atoms with E-state index in [9.17, 15) is 29.3 Å². The monoisotopic (exact) mass is 816 g/mol. The number of aromatic carboxylic acids is 1. The van der Waals surface area contributed by atoms with Crippen LogP contribution in [0.5, 0.6) is 17.2 Å². The highest BCUT2D eigenvalue weighted by molar-refractivity contribution is 6.45. The number of carboxylic acid groups (broad SMARTS) is 1. The molecule has 2 bridgehead atoms. The average molecular weight is 817 g/mol. The Kier molecular flexibility index (Phi) is 11.6. The molecule has 6 fully saturated rings. The highest BCUT2D eigenvalue weighted by Crippen LogP contribution is 2.65. The summed E-state index contributed by atoms with van der Waals surface area (Å²) in [6.45, 7) is 19.5. The second-order valence-electron chi connectivity index (χ2n) is 18.8. The summed E-state index contributed by atoms with van der Waals surface area (Å²) in [5, 5.41) is 19.0. The van der Waals surface area contributed by atoms with E-state index >= 15 is 0 Å². The van der Waals surface area contributed by atoms with E-state index in [1.807, 2.05) is 39.8 Å². The molecule has 3 saturated carbocycles. The number of hydrogen-bond donors (Lipinski definition) is 2. The van der Waals surface area contributed by atoms with Crippen molar-refractivity contribution in [2.24, 2.45) is 17.3 Å². The fraction of sp³-hybridized carbons (Fsp3) is 0.628. The van der Waals surface area contributed by atoms with Crippen LogP contribution in [0, 0.1) is 24.2 Å². The lowest BCUT2D eigenvalue weighted by Gasteiger charge is -2.64. The zero-order chi connectivity index (χ0) is 42.8. The predicted molar refractivity (Wildman–Crippen MR) is 219 cm³/mol. The molecule has 4 heterocycles. The van der Waals surface area contributed by atoms with E-state index in [0.29, 0.717) is 61.6 Å². The molecule has 14 nitrogen and oxygen atoms in total. The molecule has 4 aliphatic heterocycles. The third-order valence-electron chi connectivity index (χ3n) is 13.3. The average Bonchev–Trinajstić information content (AvgIpc) is 3.45. The number of nitrogens with zero attached hydrogens (tertiary/aromatic N) is 2. The number of ether oxygens (including phenoxy) is 3. The van der Waals surface area contributed by atoms with Gasteiger partial charge in [-0.1, -0.05) is 26.0 Å². The number of hydrogen-bond acceptors (Lipinski definition) is 11. The van der Waals surface area contributed by atoms with Crippen molar-refractivity contribution in [2.45, 2.75) is 130 Å². The summed E-state index contributed by atoms with van der Waals surface area (Å²) < 4.78 is 35.9. The lowest BCUT2D eigenvalue weighted by molar-refractivity contribution is -0.199. The van der Waals surface area contributed by atoms with Gasteiger partial charge in [-0.05, 0) is 119 Å². The van der Waals surface area contributed by atoms with Crippen LogP contribution in [-0.4, -0.2) is 114 Å². The fourth-order valence-electron chi connectivity index (χ4n) is 9.64. The Morgan fingerprint density at radius 2 is 1.49 bits per heavy atom. The van der Waals surface area contributed by atoms with Crippen LogP contribution >= 0.6 is 0 Å². The first-order valence-corrected chi connectivity index (χ1v) is 20.9. The van der Waals surface area contributed by atoms with Gasteiger partial charge < -0.3 is 48.1 Å². The molecule has 2 amide bonds. The standard InChI is InChI=1S/C29H42BNO6.C14H16BNO6/c1-17-19(11-12-30-36-24-14-20-13-23(28(20,6)7)29(24,8)37-30)9-10-22(25(17)26(33)35-27(3,4)5)34-21-15-31(16-21)18(2)32;1-8(17)16-6-10(7-16)21-11-3-2-9-4-5-15(20)22-13(9)12(11)14(18)19/h9-10,20-21,23-24H,11-16H2,1-8H3;2-3,10,20H,4-7H2,1H3,(H,18,19)/t20-,23-,24+,29-;/m0./s1. The molecule has 3 aliphatic carbocycles. The molecule has 3 saturated heterocycles. The number of rotatable bonds is 9. The first kappa shape index (κ1) is 42.8. The minimum atomic E-state index is -1.16. The maximum absolute atomic E-state index is 13.3. The number of carbonyl (C=O) groups excluding carboxylic acids is 3. The van der Waals surface area contributed by atoms with E-state index in [2.05, 4.69) is 20.8 Å². The zero-order valence-corrected chi connectivity index (χ0v) is 35.8. The summed E-state index contributed by atoms with van der Waals surface area (Å²) in [7, 11) is -1.24. The van der Waals surface area contributed by atoms with E-state index in [1.165, 1.54) is 13.3 Å². The highest BCUT2D eigenvalue weighted by Gasteiger charge is 2.67. The summed E-state index contributed by atoms with van der Waals surface area (Å²) in [6, 6.07) is 7.26. The first-order valence-electron chi connectivity index (χ1n) is 20.9. The van der Waals surface area contributed by atoms with Crippen LogP contribution in [0.2, 0.25) is 12.6 Å². The molecule has 0 aromatic heterocycles. The van der Waals surface area contributed by atoms with Crippen molar-refractivity contribution in [3.63, 3.8) is 0 Å². The van der Waals surface area contributed by atoms with Crippen molar-refractivity contribution in [2.75, 3.05) is 26.2 Å². The third-order valence-corrected chi connectivity index (χ3v) is 13.3. The zero-order valence-electron chi connectivity index (χ0n) is 35.8. The Bertz CT molecular complexity index is 1990. The number of likely N-dealkylation sites (tertiary alicyclic amines) is 2. The minimum Gasteiger partial charge on any atom is -0.535 e. The Hall–Kier alpha value is -4.27. The van der Waals surface area contributed by atoms with Crippen LogP contribution in [0.4, 0.5) is 0 Å². The van der Waals surface area contributed by atoms with Crippen molar-refractivity contribution < 1.29 is 57.5 Å². The van der Waals surface area contributed by atoms with Gasteiger partial charge in [0.2, 0.25) is 11.8 Å². The molecule has 2 N–H and O–H groups in total. The highest BCUT2D eigenvalue weighted by atomic mass is 16.7. The lowest BCUT2D eigenvalue weighted by Crippen LogP contribution is -2.65. The summed E-state index contributed by atoms with van der Waals surface area (Å²) >= 11 is 0. The van der Waals surface area contributed by atoms with Crippen LogP contribution in [-0.2, 0) is 36.5 Å².